The highest BCUT2D eigenvalue weighted by Crippen LogP contribution is 2.17. The van der Waals surface area contributed by atoms with Crippen LogP contribution >= 0.6 is 0 Å². The van der Waals surface area contributed by atoms with Gasteiger partial charge >= 0.3 is 0 Å². The topological polar surface area (TPSA) is 80.3 Å². The predicted octanol–water partition coefficient (Wildman–Crippen LogP) is 3.20. The van der Waals surface area contributed by atoms with E-state index in [9.17, 15) is 9.59 Å². The number of hydrogen-bond acceptors (Lipinski definition) is 4. The third-order valence-corrected chi connectivity index (χ3v) is 4.16. The molecule has 0 bridgehead atoms. The highest BCUT2D eigenvalue weighted by molar-refractivity contribution is 6.04. The molecule has 0 saturated heterocycles. The number of rotatable bonds is 7. The molecule has 3 aromatic rings. The molecular weight excluding hydrogens is 354 g/mol. The number of anilines is 1. The molecule has 0 aliphatic rings. The lowest BCUT2D eigenvalue weighted by atomic mass is 10.1. The van der Waals surface area contributed by atoms with Crippen molar-refractivity contribution in [2.45, 2.75) is 13.0 Å². The molecule has 0 radical (unpaired) electrons. The summed E-state index contributed by atoms with van der Waals surface area (Å²) in [5.41, 5.74) is 2.81. The minimum absolute atomic E-state index is 0.110. The van der Waals surface area contributed by atoms with Gasteiger partial charge in [-0.3, -0.25) is 14.6 Å². The van der Waals surface area contributed by atoms with Crippen LogP contribution in [0.15, 0.2) is 73.1 Å². The van der Waals surface area contributed by atoms with Crippen LogP contribution in [0.5, 0.6) is 5.75 Å². The van der Waals surface area contributed by atoms with Gasteiger partial charge in [-0.25, -0.2) is 0 Å². The molecule has 0 unspecified atom stereocenters. The molecule has 2 amide bonds. The van der Waals surface area contributed by atoms with Crippen molar-refractivity contribution in [3.63, 3.8) is 0 Å². The molecule has 6 nitrogen and oxygen atoms in total. The predicted molar refractivity (Wildman–Crippen MR) is 107 cm³/mol. The Labute approximate surface area is 163 Å². The molecule has 0 saturated carbocycles. The molecule has 3 rings (SSSR count). The van der Waals surface area contributed by atoms with Gasteiger partial charge in [-0.15, -0.1) is 0 Å². The third kappa shape index (κ3) is 5.17. The van der Waals surface area contributed by atoms with E-state index in [0.717, 1.165) is 11.1 Å². The second-order valence-electron chi connectivity index (χ2n) is 6.16. The molecule has 0 atom stereocenters. The summed E-state index contributed by atoms with van der Waals surface area (Å²) < 4.78 is 5.18. The number of pyridine rings is 1. The molecule has 142 valence electrons. The molecule has 0 aliphatic carbocycles. The first-order valence-corrected chi connectivity index (χ1v) is 8.84. The van der Waals surface area contributed by atoms with E-state index in [2.05, 4.69) is 15.6 Å². The summed E-state index contributed by atoms with van der Waals surface area (Å²) >= 11 is 0. The average Bonchev–Trinajstić information content (AvgIpc) is 2.74. The third-order valence-electron chi connectivity index (χ3n) is 4.16. The fraction of sp³-hybridized carbons (Fsp3) is 0.136. The zero-order valence-electron chi connectivity index (χ0n) is 15.5. The number of nitrogens with one attached hydrogen (secondary N) is 2. The summed E-state index contributed by atoms with van der Waals surface area (Å²) in [6, 6.07) is 18.2. The van der Waals surface area contributed by atoms with Crippen LogP contribution in [0.4, 0.5) is 5.69 Å². The van der Waals surface area contributed by atoms with Crippen molar-refractivity contribution in [1.82, 2.24) is 10.3 Å². The van der Waals surface area contributed by atoms with Gasteiger partial charge in [0.25, 0.3) is 5.91 Å². The Balaban J connectivity index is 1.61. The van der Waals surface area contributed by atoms with Gasteiger partial charge < -0.3 is 15.4 Å². The Morgan fingerprint density at radius 3 is 2.68 bits per heavy atom. The van der Waals surface area contributed by atoms with Crippen LogP contribution in [0.1, 0.15) is 21.5 Å². The van der Waals surface area contributed by atoms with Gasteiger partial charge in [-0.05, 0) is 41.5 Å². The monoisotopic (exact) mass is 375 g/mol. The fourth-order valence-electron chi connectivity index (χ4n) is 2.71. The van der Waals surface area contributed by atoms with E-state index in [4.69, 9.17) is 4.74 Å². The summed E-state index contributed by atoms with van der Waals surface area (Å²) in [5, 5.41) is 5.76. The zero-order valence-corrected chi connectivity index (χ0v) is 15.5. The number of carbonyl (C=O) groups excluding carboxylic acids is 2. The lowest BCUT2D eigenvalue weighted by Crippen LogP contribution is -2.25. The van der Waals surface area contributed by atoms with Crippen molar-refractivity contribution in [3.05, 3.63) is 89.7 Å². The van der Waals surface area contributed by atoms with Gasteiger partial charge in [0, 0.05) is 24.6 Å². The quantitative estimate of drug-likeness (QED) is 0.665. The molecule has 6 heteroatoms. The Bertz CT molecular complexity index is 958. The normalized spacial score (nSPS) is 10.2. The van der Waals surface area contributed by atoms with Crippen molar-refractivity contribution in [1.29, 1.82) is 0 Å². The van der Waals surface area contributed by atoms with E-state index >= 15 is 0 Å². The number of para-hydroxylation sites is 1. The second-order valence-corrected chi connectivity index (χ2v) is 6.16. The number of hydrogen-bond donors (Lipinski definition) is 2. The van der Waals surface area contributed by atoms with Crippen molar-refractivity contribution >= 4 is 17.5 Å². The molecule has 1 heterocycles. The minimum atomic E-state index is -0.247. The van der Waals surface area contributed by atoms with Gasteiger partial charge in [0.1, 0.15) is 5.75 Å². The van der Waals surface area contributed by atoms with Crippen LogP contribution in [0.25, 0.3) is 0 Å². The van der Waals surface area contributed by atoms with Crippen LogP contribution in [-0.4, -0.2) is 23.9 Å². The summed E-state index contributed by atoms with van der Waals surface area (Å²) in [4.78, 5) is 28.6. The van der Waals surface area contributed by atoms with Gasteiger partial charge in [0.15, 0.2) is 0 Å². The van der Waals surface area contributed by atoms with Gasteiger partial charge in [-0.1, -0.05) is 30.3 Å². The van der Waals surface area contributed by atoms with Crippen LogP contribution in [0, 0.1) is 0 Å². The zero-order chi connectivity index (χ0) is 19.8. The van der Waals surface area contributed by atoms with Gasteiger partial charge in [0.2, 0.25) is 5.91 Å². The number of methoxy groups -OCH3 is 1. The Kier molecular flexibility index (Phi) is 6.36. The maximum Gasteiger partial charge on any atom is 0.257 e. The van der Waals surface area contributed by atoms with E-state index in [-0.39, 0.29) is 18.2 Å². The lowest BCUT2D eigenvalue weighted by molar-refractivity contribution is -0.120. The first-order chi connectivity index (χ1) is 13.7. The number of amides is 2. The highest BCUT2D eigenvalue weighted by Gasteiger charge is 2.10. The van der Waals surface area contributed by atoms with E-state index < -0.39 is 0 Å². The molecule has 28 heavy (non-hydrogen) atoms. The van der Waals surface area contributed by atoms with Crippen molar-refractivity contribution in [2.24, 2.45) is 0 Å². The Morgan fingerprint density at radius 1 is 1.04 bits per heavy atom. The number of benzene rings is 2. The lowest BCUT2D eigenvalue weighted by Gasteiger charge is -2.12. The van der Waals surface area contributed by atoms with Crippen LogP contribution in [-0.2, 0) is 17.8 Å². The summed E-state index contributed by atoms with van der Waals surface area (Å²) in [7, 11) is 1.59. The first-order valence-electron chi connectivity index (χ1n) is 8.84. The molecule has 0 aliphatic heterocycles. The van der Waals surface area contributed by atoms with Crippen molar-refractivity contribution < 1.29 is 14.3 Å². The molecule has 0 fully saturated rings. The van der Waals surface area contributed by atoms with Gasteiger partial charge in [0.05, 0.1) is 19.1 Å². The van der Waals surface area contributed by atoms with E-state index in [1.165, 1.54) is 6.20 Å². The molecular formula is C22H21N3O3. The molecule has 0 spiro atoms. The molecule has 2 aromatic carbocycles. The van der Waals surface area contributed by atoms with Crippen molar-refractivity contribution in [2.75, 3.05) is 12.4 Å². The molecule has 2 N–H and O–H groups in total. The maximum absolute atomic E-state index is 12.4. The van der Waals surface area contributed by atoms with E-state index in [1.807, 2.05) is 42.5 Å². The summed E-state index contributed by atoms with van der Waals surface area (Å²) in [5.74, 6) is 0.360. The highest BCUT2D eigenvalue weighted by atomic mass is 16.5. The summed E-state index contributed by atoms with van der Waals surface area (Å²) in [6.07, 6.45) is 3.37. The largest absolute Gasteiger partial charge is 0.497 e. The SMILES string of the molecule is COc1cccc(CC(=O)NCc2ccccc2NC(=O)c2cccnc2)c1. The van der Waals surface area contributed by atoms with Crippen LogP contribution < -0.4 is 15.4 Å². The van der Waals surface area contributed by atoms with Gasteiger partial charge in [-0.2, -0.15) is 0 Å². The Hall–Kier alpha value is -3.67. The number of aromatic nitrogens is 1. The smallest absolute Gasteiger partial charge is 0.257 e. The van der Waals surface area contributed by atoms with Crippen LogP contribution in [0.2, 0.25) is 0 Å². The average molecular weight is 375 g/mol. The maximum atomic E-state index is 12.4. The van der Waals surface area contributed by atoms with E-state index in [1.54, 1.807) is 31.5 Å². The van der Waals surface area contributed by atoms with Crippen molar-refractivity contribution in [3.8, 4) is 5.75 Å². The number of nitrogens with zero attached hydrogens (tertiary/aromatic N) is 1. The molecule has 1 aromatic heterocycles. The standard InChI is InChI=1S/C22H21N3O3/c1-28-19-9-4-6-16(12-19)13-21(26)24-15-17-7-2-3-10-20(17)25-22(27)18-8-5-11-23-14-18/h2-12,14H,13,15H2,1H3,(H,24,26)(H,25,27). The minimum Gasteiger partial charge on any atom is -0.497 e. The number of ether oxygens (including phenoxy) is 1. The van der Waals surface area contributed by atoms with E-state index in [0.29, 0.717) is 23.5 Å². The fourth-order valence-corrected chi connectivity index (χ4v) is 2.71. The Morgan fingerprint density at radius 2 is 1.89 bits per heavy atom. The number of carbonyl (C=O) groups is 2. The second kappa shape index (κ2) is 9.32. The first kappa shape index (κ1) is 19.1. The van der Waals surface area contributed by atoms with Crippen LogP contribution in [0.3, 0.4) is 0 Å². The summed E-state index contributed by atoms with van der Waals surface area (Å²) in [6.45, 7) is 0.312.